The van der Waals surface area contributed by atoms with Gasteiger partial charge in [0.25, 0.3) is 0 Å². The molecule has 5 heteroatoms. The maximum absolute atomic E-state index is 11.9. The summed E-state index contributed by atoms with van der Waals surface area (Å²) in [7, 11) is 0. The third-order valence-electron chi connectivity index (χ3n) is 3.38. The van der Waals surface area contributed by atoms with Crippen LogP contribution in [0.3, 0.4) is 0 Å². The van der Waals surface area contributed by atoms with Crippen molar-refractivity contribution in [3.05, 3.63) is 35.4 Å². The molecule has 0 aliphatic carbocycles. The number of amides is 1. The Balaban J connectivity index is 1.75. The molecule has 1 saturated heterocycles. The van der Waals surface area contributed by atoms with Gasteiger partial charge in [0.15, 0.2) is 5.78 Å². The molecular weight excluding hydrogens is 254 g/mol. The summed E-state index contributed by atoms with van der Waals surface area (Å²) in [5, 5.41) is 2.86. The molecule has 2 atom stereocenters. The van der Waals surface area contributed by atoms with Crippen LogP contribution in [0.15, 0.2) is 24.3 Å². The van der Waals surface area contributed by atoms with E-state index in [9.17, 15) is 9.59 Å². The zero-order valence-corrected chi connectivity index (χ0v) is 11.9. The number of nitrogens with one attached hydrogen (secondary N) is 3. The average Bonchev–Trinajstić information content (AvgIpc) is 2.82. The van der Waals surface area contributed by atoms with Crippen molar-refractivity contribution in [2.75, 3.05) is 0 Å². The van der Waals surface area contributed by atoms with Crippen LogP contribution in [0.1, 0.15) is 42.1 Å². The van der Waals surface area contributed by atoms with E-state index in [0.717, 1.165) is 12.0 Å². The SMILES string of the molecule is Cc1ccc(C(=O)CCC(=O)NC2CC(C)NN2)cc1. The van der Waals surface area contributed by atoms with Crippen LogP contribution in [0, 0.1) is 6.92 Å². The van der Waals surface area contributed by atoms with Gasteiger partial charge in [-0.25, -0.2) is 5.43 Å². The number of carbonyl (C=O) groups is 2. The lowest BCUT2D eigenvalue weighted by Gasteiger charge is -2.11. The van der Waals surface area contributed by atoms with Gasteiger partial charge in [0, 0.05) is 24.4 Å². The molecule has 0 spiro atoms. The number of hydrogen-bond donors (Lipinski definition) is 3. The zero-order valence-electron chi connectivity index (χ0n) is 11.9. The second-order valence-corrected chi connectivity index (χ2v) is 5.33. The second kappa shape index (κ2) is 6.63. The van der Waals surface area contributed by atoms with Gasteiger partial charge in [-0.2, -0.15) is 0 Å². The van der Waals surface area contributed by atoms with Crippen molar-refractivity contribution < 1.29 is 9.59 Å². The fraction of sp³-hybridized carbons (Fsp3) is 0.467. The summed E-state index contributed by atoms with van der Waals surface area (Å²) in [6.07, 6.45) is 1.26. The maximum Gasteiger partial charge on any atom is 0.221 e. The van der Waals surface area contributed by atoms with Crippen LogP contribution in [-0.2, 0) is 4.79 Å². The predicted molar refractivity (Wildman–Crippen MR) is 77.0 cm³/mol. The van der Waals surface area contributed by atoms with E-state index < -0.39 is 0 Å². The first-order chi connectivity index (χ1) is 9.54. The van der Waals surface area contributed by atoms with Gasteiger partial charge in [-0.1, -0.05) is 29.8 Å². The molecule has 0 radical (unpaired) electrons. The third-order valence-corrected chi connectivity index (χ3v) is 3.38. The Bertz CT molecular complexity index is 484. The number of carbonyl (C=O) groups excluding carboxylic acids is 2. The Morgan fingerprint density at radius 1 is 1.20 bits per heavy atom. The number of hydrogen-bond acceptors (Lipinski definition) is 4. The smallest absolute Gasteiger partial charge is 0.221 e. The van der Waals surface area contributed by atoms with Gasteiger partial charge >= 0.3 is 0 Å². The molecule has 0 bridgehead atoms. The molecule has 1 aliphatic rings. The minimum absolute atomic E-state index is 0.00558. The summed E-state index contributed by atoms with van der Waals surface area (Å²) in [5.41, 5.74) is 7.82. The minimum atomic E-state index is -0.0983. The highest BCUT2D eigenvalue weighted by molar-refractivity contribution is 5.97. The Kier molecular flexibility index (Phi) is 4.87. The average molecular weight is 275 g/mol. The van der Waals surface area contributed by atoms with Crippen LogP contribution < -0.4 is 16.2 Å². The van der Waals surface area contributed by atoms with Gasteiger partial charge in [0.05, 0.1) is 6.17 Å². The van der Waals surface area contributed by atoms with E-state index in [1.54, 1.807) is 12.1 Å². The van der Waals surface area contributed by atoms with Crippen molar-refractivity contribution in [1.29, 1.82) is 0 Å². The van der Waals surface area contributed by atoms with Crippen molar-refractivity contribution in [3.63, 3.8) is 0 Å². The molecule has 2 unspecified atom stereocenters. The van der Waals surface area contributed by atoms with Gasteiger partial charge in [-0.15, -0.1) is 0 Å². The number of aryl methyl sites for hydroxylation is 1. The highest BCUT2D eigenvalue weighted by Gasteiger charge is 2.21. The molecule has 0 saturated carbocycles. The van der Waals surface area contributed by atoms with Gasteiger partial charge in [0.2, 0.25) is 5.91 Å². The number of hydrazine groups is 1. The van der Waals surface area contributed by atoms with E-state index in [1.807, 2.05) is 26.0 Å². The minimum Gasteiger partial charge on any atom is -0.339 e. The normalized spacial score (nSPS) is 21.7. The second-order valence-electron chi connectivity index (χ2n) is 5.33. The lowest BCUT2D eigenvalue weighted by atomic mass is 10.0. The predicted octanol–water partition coefficient (Wildman–Crippen LogP) is 1.29. The van der Waals surface area contributed by atoms with E-state index in [1.165, 1.54) is 0 Å². The maximum atomic E-state index is 11.9. The van der Waals surface area contributed by atoms with Crippen LogP contribution in [-0.4, -0.2) is 23.9 Å². The molecule has 1 aliphatic heterocycles. The summed E-state index contributed by atoms with van der Waals surface area (Å²) in [4.78, 5) is 23.7. The Labute approximate surface area is 119 Å². The van der Waals surface area contributed by atoms with E-state index in [2.05, 4.69) is 16.2 Å². The van der Waals surface area contributed by atoms with E-state index in [0.29, 0.717) is 11.6 Å². The number of rotatable bonds is 5. The van der Waals surface area contributed by atoms with Crippen molar-refractivity contribution in [2.24, 2.45) is 0 Å². The monoisotopic (exact) mass is 275 g/mol. The van der Waals surface area contributed by atoms with Crippen molar-refractivity contribution >= 4 is 11.7 Å². The molecule has 108 valence electrons. The molecule has 20 heavy (non-hydrogen) atoms. The zero-order chi connectivity index (χ0) is 14.5. The first kappa shape index (κ1) is 14.7. The standard InChI is InChI=1S/C15H21N3O2/c1-10-3-5-12(6-4-10)13(19)7-8-15(20)16-14-9-11(2)17-18-14/h3-6,11,14,17-18H,7-9H2,1-2H3,(H,16,20). The van der Waals surface area contributed by atoms with E-state index in [-0.39, 0.29) is 30.7 Å². The Morgan fingerprint density at radius 3 is 2.50 bits per heavy atom. The molecule has 1 aromatic rings. The molecule has 2 rings (SSSR count). The highest BCUT2D eigenvalue weighted by atomic mass is 16.2. The van der Waals surface area contributed by atoms with Crippen molar-refractivity contribution in [3.8, 4) is 0 Å². The topological polar surface area (TPSA) is 70.2 Å². The van der Waals surface area contributed by atoms with Gasteiger partial charge < -0.3 is 5.32 Å². The van der Waals surface area contributed by atoms with Gasteiger partial charge in [0.1, 0.15) is 0 Å². The summed E-state index contributed by atoms with van der Waals surface area (Å²) < 4.78 is 0. The lowest BCUT2D eigenvalue weighted by Crippen LogP contribution is -2.44. The van der Waals surface area contributed by atoms with Gasteiger partial charge in [-0.3, -0.25) is 15.0 Å². The number of benzene rings is 1. The quantitative estimate of drug-likeness (QED) is 0.708. The lowest BCUT2D eigenvalue weighted by molar-refractivity contribution is -0.121. The molecule has 1 fully saturated rings. The summed E-state index contributed by atoms with van der Waals surface area (Å²) >= 11 is 0. The molecular formula is C15H21N3O2. The Morgan fingerprint density at radius 2 is 1.90 bits per heavy atom. The van der Waals surface area contributed by atoms with E-state index >= 15 is 0 Å². The van der Waals surface area contributed by atoms with Crippen LogP contribution in [0.4, 0.5) is 0 Å². The first-order valence-corrected chi connectivity index (χ1v) is 6.95. The molecule has 1 amide bonds. The number of ketones is 1. The largest absolute Gasteiger partial charge is 0.339 e. The Hall–Kier alpha value is -1.72. The highest BCUT2D eigenvalue weighted by Crippen LogP contribution is 2.08. The van der Waals surface area contributed by atoms with Crippen molar-refractivity contribution in [1.82, 2.24) is 16.2 Å². The molecule has 1 aromatic carbocycles. The van der Waals surface area contributed by atoms with Gasteiger partial charge in [-0.05, 0) is 20.3 Å². The molecule has 1 heterocycles. The fourth-order valence-electron chi connectivity index (χ4n) is 2.19. The van der Waals surface area contributed by atoms with Crippen LogP contribution in [0.25, 0.3) is 0 Å². The molecule has 0 aromatic heterocycles. The number of Topliss-reactive ketones (excluding diaryl/α,β-unsaturated/α-hetero) is 1. The van der Waals surface area contributed by atoms with Crippen molar-refractivity contribution in [2.45, 2.75) is 45.3 Å². The first-order valence-electron chi connectivity index (χ1n) is 6.95. The summed E-state index contributed by atoms with van der Waals surface area (Å²) in [6.45, 7) is 4.02. The fourth-order valence-corrected chi connectivity index (χ4v) is 2.19. The van der Waals surface area contributed by atoms with Crippen LogP contribution in [0.5, 0.6) is 0 Å². The third kappa shape index (κ3) is 4.15. The molecule has 5 nitrogen and oxygen atoms in total. The molecule has 3 N–H and O–H groups in total. The summed E-state index contributed by atoms with van der Waals surface area (Å²) in [5.74, 6) is -0.0927. The van der Waals surface area contributed by atoms with Crippen LogP contribution >= 0.6 is 0 Å². The van der Waals surface area contributed by atoms with E-state index in [4.69, 9.17) is 0 Å². The van der Waals surface area contributed by atoms with Crippen LogP contribution in [0.2, 0.25) is 0 Å². The summed E-state index contributed by atoms with van der Waals surface area (Å²) in [6, 6.07) is 7.76.